The van der Waals surface area contributed by atoms with Crippen LogP contribution in [0.1, 0.15) is 11.1 Å². The van der Waals surface area contributed by atoms with Crippen LogP contribution >= 0.6 is 50.1 Å². The maximum atomic E-state index is 5.54. The van der Waals surface area contributed by atoms with E-state index in [4.69, 9.17) is 11.6 Å². The van der Waals surface area contributed by atoms with Gasteiger partial charge in [0.2, 0.25) is 0 Å². The third-order valence-electron chi connectivity index (χ3n) is 4.46. The number of hydrogen-bond acceptors (Lipinski definition) is 0. The highest BCUT2D eigenvalue weighted by atomic mass is 127. The van der Waals surface area contributed by atoms with Gasteiger partial charge in [-0.15, -0.1) is 6.58 Å². The summed E-state index contributed by atoms with van der Waals surface area (Å²) < 4.78 is 2.43. The Morgan fingerprint density at radius 2 is 0.974 bits per heavy atom. The number of halogens is 3. The predicted molar refractivity (Wildman–Crippen MR) is 182 cm³/mol. The molecule has 0 amide bonds. The third kappa shape index (κ3) is 19.2. The average molecular weight is 696 g/mol. The van der Waals surface area contributed by atoms with E-state index in [9.17, 15) is 0 Å². The van der Waals surface area contributed by atoms with E-state index in [1.165, 1.54) is 14.7 Å². The van der Waals surface area contributed by atoms with E-state index in [1.807, 2.05) is 140 Å². The van der Waals surface area contributed by atoms with Crippen molar-refractivity contribution >= 4 is 56.2 Å². The second-order valence-electron chi connectivity index (χ2n) is 7.48. The van der Waals surface area contributed by atoms with Crippen LogP contribution < -0.4 is 0 Å². The van der Waals surface area contributed by atoms with Gasteiger partial charge in [-0.25, -0.2) is 0 Å². The van der Waals surface area contributed by atoms with Crippen LogP contribution in [0.25, 0.3) is 6.08 Å². The molecule has 38 heavy (non-hydrogen) atoms. The predicted octanol–water partition coefficient (Wildman–Crippen LogP) is 11.8. The van der Waals surface area contributed by atoms with E-state index in [0.717, 1.165) is 15.9 Å². The van der Waals surface area contributed by atoms with E-state index in [0.29, 0.717) is 0 Å². The summed E-state index contributed by atoms with van der Waals surface area (Å²) in [5, 5.41) is 0.794. The molecule has 0 fully saturated rings. The lowest BCUT2D eigenvalue weighted by molar-refractivity contribution is 1.28. The summed E-state index contributed by atoms with van der Waals surface area (Å²) in [6, 6.07) is 50.0. The molecule has 0 saturated carbocycles. The zero-order chi connectivity index (χ0) is 27.7. The number of rotatable bonds is 3. The molecule has 0 nitrogen and oxygen atoms in total. The van der Waals surface area contributed by atoms with Gasteiger partial charge in [-0.1, -0.05) is 162 Å². The molecule has 5 rings (SSSR count). The minimum absolute atomic E-state index is 0.794. The van der Waals surface area contributed by atoms with Crippen LogP contribution in [0.2, 0.25) is 5.02 Å². The van der Waals surface area contributed by atoms with Gasteiger partial charge in [-0.05, 0) is 76.5 Å². The molecule has 194 valence electrons. The molecular formula is C35H33BrClI. The van der Waals surface area contributed by atoms with Crippen LogP contribution in [0.15, 0.2) is 175 Å². The number of benzene rings is 5. The summed E-state index contributed by atoms with van der Waals surface area (Å²) in [4.78, 5) is 0. The Bertz CT molecular complexity index is 1120. The molecule has 5 aromatic carbocycles. The third-order valence-corrected chi connectivity index (χ3v) is 5.96. The minimum Gasteiger partial charge on any atom is -0.103 e. The van der Waals surface area contributed by atoms with Gasteiger partial charge >= 0.3 is 0 Å². The Hall–Kier alpha value is -2.92. The van der Waals surface area contributed by atoms with Crippen molar-refractivity contribution in [3.05, 3.63) is 195 Å². The van der Waals surface area contributed by atoms with Crippen LogP contribution in [0.5, 0.6) is 0 Å². The summed E-state index contributed by atoms with van der Waals surface area (Å²) in [5.41, 5.74) is 2.50. The monoisotopic (exact) mass is 694 g/mol. The molecule has 0 saturated heterocycles. The average Bonchev–Trinajstić information content (AvgIpc) is 2.97. The van der Waals surface area contributed by atoms with Crippen molar-refractivity contribution < 1.29 is 0 Å². The summed E-state index contributed by atoms with van der Waals surface area (Å²) in [6.07, 6.45) is 4.72. The van der Waals surface area contributed by atoms with Gasteiger partial charge in [-0.3, -0.25) is 0 Å². The molecule has 0 spiro atoms. The Morgan fingerprint density at radius 3 is 1.24 bits per heavy atom. The maximum absolute atomic E-state index is 5.54. The van der Waals surface area contributed by atoms with Gasteiger partial charge in [0.05, 0.1) is 0 Å². The summed E-state index contributed by atoms with van der Waals surface area (Å²) >= 11 is 11.1. The van der Waals surface area contributed by atoms with Crippen LogP contribution in [0, 0.1) is 3.57 Å². The summed E-state index contributed by atoms with van der Waals surface area (Å²) in [7, 11) is 0. The minimum atomic E-state index is 0.794. The molecular weight excluding hydrogens is 663 g/mol. The number of hydrogen-bond donors (Lipinski definition) is 0. The molecule has 0 aromatic heterocycles. The Labute approximate surface area is 256 Å². The van der Waals surface area contributed by atoms with E-state index >= 15 is 0 Å². The van der Waals surface area contributed by atoms with Crippen molar-refractivity contribution in [3.8, 4) is 0 Å². The topological polar surface area (TPSA) is 0 Å². The van der Waals surface area contributed by atoms with Crippen molar-refractivity contribution in [2.75, 3.05) is 0 Å². The smallest absolute Gasteiger partial charge is 0.0405 e. The first-order chi connectivity index (χ1) is 18.5. The Morgan fingerprint density at radius 1 is 0.579 bits per heavy atom. The highest BCUT2D eigenvalue weighted by Gasteiger charge is 1.82. The van der Waals surface area contributed by atoms with E-state index in [2.05, 4.69) is 75.9 Å². The first-order valence-electron chi connectivity index (χ1n) is 12.0. The first kappa shape index (κ1) is 33.1. The van der Waals surface area contributed by atoms with Gasteiger partial charge in [0.1, 0.15) is 0 Å². The maximum Gasteiger partial charge on any atom is 0.0405 e. The van der Waals surface area contributed by atoms with E-state index in [1.54, 1.807) is 0 Å². The molecule has 0 aliphatic carbocycles. The standard InChI is InChI=1S/C9H10.C8H8.C6H5Br.C6H5Cl.C6H5I/c1-2-6-9-7-4-3-5-8-9;1-2-8-6-4-3-5-7-8;3*7-6-4-2-1-3-5-6/h2-5,7-8H,1,6H2;2-7H,1H2;3*1-5H. The van der Waals surface area contributed by atoms with E-state index in [-0.39, 0.29) is 0 Å². The van der Waals surface area contributed by atoms with Crippen molar-refractivity contribution in [2.24, 2.45) is 0 Å². The highest BCUT2D eigenvalue weighted by molar-refractivity contribution is 14.1. The Balaban J connectivity index is 0.000000238. The quantitative estimate of drug-likeness (QED) is 0.130. The number of allylic oxidation sites excluding steroid dienone is 1. The van der Waals surface area contributed by atoms with Crippen molar-refractivity contribution in [1.29, 1.82) is 0 Å². The van der Waals surface area contributed by atoms with Gasteiger partial charge in [0, 0.05) is 13.1 Å². The second kappa shape index (κ2) is 23.2. The highest BCUT2D eigenvalue weighted by Crippen LogP contribution is 2.05. The molecule has 0 heterocycles. The first-order valence-corrected chi connectivity index (χ1v) is 14.2. The lowest BCUT2D eigenvalue weighted by Gasteiger charge is -1.91. The molecule has 0 atom stereocenters. The van der Waals surface area contributed by atoms with E-state index < -0.39 is 0 Å². The molecule has 0 aliphatic rings. The normalized spacial score (nSPS) is 8.71. The van der Waals surface area contributed by atoms with Gasteiger partial charge in [0.15, 0.2) is 0 Å². The molecule has 5 aromatic rings. The van der Waals surface area contributed by atoms with Crippen LogP contribution in [-0.2, 0) is 6.42 Å². The summed E-state index contributed by atoms with van der Waals surface area (Å²) in [5.74, 6) is 0. The molecule has 0 radical (unpaired) electrons. The van der Waals surface area contributed by atoms with Crippen LogP contribution in [0.3, 0.4) is 0 Å². The zero-order valence-electron chi connectivity index (χ0n) is 21.3. The zero-order valence-corrected chi connectivity index (χ0v) is 25.8. The van der Waals surface area contributed by atoms with Gasteiger partial charge in [-0.2, -0.15) is 0 Å². The lowest BCUT2D eigenvalue weighted by Crippen LogP contribution is -1.75. The molecule has 0 aliphatic heterocycles. The fraction of sp³-hybridized carbons (Fsp3) is 0.0286. The largest absolute Gasteiger partial charge is 0.103 e. The van der Waals surface area contributed by atoms with Crippen LogP contribution in [-0.4, -0.2) is 0 Å². The lowest BCUT2D eigenvalue weighted by atomic mass is 10.2. The van der Waals surface area contributed by atoms with Gasteiger partial charge < -0.3 is 0 Å². The SMILES string of the molecule is Brc1ccccc1.C=CCc1ccccc1.C=Cc1ccccc1.Clc1ccccc1.Ic1ccccc1. The molecule has 0 N–H and O–H groups in total. The molecule has 0 unspecified atom stereocenters. The molecule has 3 heteroatoms. The van der Waals surface area contributed by atoms with Crippen molar-refractivity contribution in [3.63, 3.8) is 0 Å². The summed E-state index contributed by atoms with van der Waals surface area (Å²) in [6.45, 7) is 7.29. The van der Waals surface area contributed by atoms with Gasteiger partial charge in [0.25, 0.3) is 0 Å². The fourth-order valence-electron chi connectivity index (χ4n) is 2.61. The molecule has 0 bridgehead atoms. The Kier molecular flexibility index (Phi) is 20.2. The second-order valence-corrected chi connectivity index (χ2v) is 10.1. The van der Waals surface area contributed by atoms with Crippen molar-refractivity contribution in [1.82, 2.24) is 0 Å². The van der Waals surface area contributed by atoms with Crippen LogP contribution in [0.4, 0.5) is 0 Å². The fourth-order valence-corrected chi connectivity index (χ4v) is 3.48. The van der Waals surface area contributed by atoms with Crippen molar-refractivity contribution in [2.45, 2.75) is 6.42 Å².